The Morgan fingerprint density at radius 3 is 2.55 bits per heavy atom. The number of allylic oxidation sites excluding steroid dienone is 2. The molecule has 2 fully saturated rings. The summed E-state index contributed by atoms with van der Waals surface area (Å²) in [5.41, 5.74) is 2.94. The van der Waals surface area contributed by atoms with Crippen LogP contribution >= 0.6 is 0 Å². The van der Waals surface area contributed by atoms with Gasteiger partial charge >= 0.3 is 0 Å². The Labute approximate surface area is 190 Å². The van der Waals surface area contributed by atoms with Gasteiger partial charge in [-0.15, -0.1) is 0 Å². The molecule has 170 valence electrons. The number of nitrogens with one attached hydrogen (secondary N) is 1. The van der Waals surface area contributed by atoms with E-state index in [1.807, 2.05) is 6.07 Å². The van der Waals surface area contributed by atoms with E-state index in [0.717, 1.165) is 31.1 Å². The Balaban J connectivity index is 1.57. The van der Waals surface area contributed by atoms with Crippen molar-refractivity contribution in [2.75, 3.05) is 0 Å². The van der Waals surface area contributed by atoms with E-state index in [0.29, 0.717) is 11.8 Å². The van der Waals surface area contributed by atoms with E-state index in [1.54, 1.807) is 5.57 Å². The summed E-state index contributed by atoms with van der Waals surface area (Å²) < 4.78 is 0. The largest absolute Gasteiger partial charge is 0.349 e. The van der Waals surface area contributed by atoms with Gasteiger partial charge in [-0.2, -0.15) is 0 Å². The third kappa shape index (κ3) is 4.00. The zero-order valence-electron chi connectivity index (χ0n) is 20.4. The topological polar surface area (TPSA) is 29.1 Å². The first-order valence-corrected chi connectivity index (χ1v) is 12.8. The van der Waals surface area contributed by atoms with Crippen LogP contribution in [0.25, 0.3) is 0 Å². The second kappa shape index (κ2) is 8.75. The maximum absolute atomic E-state index is 13.8. The standard InChI is InChI=1S/C29H43NO/c1-6-25(21-11-8-7-9-12-21)30-27(31)29(5)18-10-17-28(4)24-15-13-22(20(2)3)19-23(24)14-16-26(28)29/h7-9,11-12,14,20,22,24-26H,6,10,13,15-19H2,1-5H3,(H,30,31)/t22?,24-,25?,26?,28+,29+/m0/s1. The summed E-state index contributed by atoms with van der Waals surface area (Å²) in [6.07, 6.45) is 12.0. The van der Waals surface area contributed by atoms with E-state index in [1.165, 1.54) is 37.7 Å². The highest BCUT2D eigenvalue weighted by Crippen LogP contribution is 2.63. The second-order valence-electron chi connectivity index (χ2n) is 11.5. The van der Waals surface area contributed by atoms with Crippen molar-refractivity contribution in [1.29, 1.82) is 0 Å². The summed E-state index contributed by atoms with van der Waals surface area (Å²) in [6, 6.07) is 10.6. The van der Waals surface area contributed by atoms with E-state index >= 15 is 0 Å². The van der Waals surface area contributed by atoms with E-state index in [4.69, 9.17) is 0 Å². The molecule has 2 nitrogen and oxygen atoms in total. The highest BCUT2D eigenvalue weighted by molar-refractivity contribution is 5.83. The third-order valence-corrected chi connectivity index (χ3v) is 9.54. The van der Waals surface area contributed by atoms with E-state index in [2.05, 4.69) is 70.3 Å². The number of hydrogen-bond acceptors (Lipinski definition) is 1. The van der Waals surface area contributed by atoms with E-state index < -0.39 is 0 Å². The average molecular weight is 422 g/mol. The van der Waals surface area contributed by atoms with Crippen LogP contribution in [0.4, 0.5) is 0 Å². The molecule has 3 unspecified atom stereocenters. The lowest BCUT2D eigenvalue weighted by atomic mass is 9.46. The van der Waals surface area contributed by atoms with Gasteiger partial charge in [0.2, 0.25) is 5.91 Å². The van der Waals surface area contributed by atoms with Gasteiger partial charge in [-0.05, 0) is 79.6 Å². The molecule has 6 atom stereocenters. The predicted octanol–water partition coefficient (Wildman–Crippen LogP) is 7.47. The quantitative estimate of drug-likeness (QED) is 0.491. The lowest BCUT2D eigenvalue weighted by molar-refractivity contribution is -0.145. The van der Waals surface area contributed by atoms with Gasteiger partial charge in [-0.25, -0.2) is 0 Å². The number of carbonyl (C=O) groups is 1. The molecule has 3 aliphatic carbocycles. The molecular weight excluding hydrogens is 378 g/mol. The molecule has 3 aliphatic rings. The van der Waals surface area contributed by atoms with Gasteiger partial charge in [-0.1, -0.05) is 83.0 Å². The fourth-order valence-electron chi connectivity index (χ4n) is 7.49. The monoisotopic (exact) mass is 421 g/mol. The zero-order chi connectivity index (χ0) is 22.2. The van der Waals surface area contributed by atoms with Crippen LogP contribution in [0.1, 0.15) is 97.6 Å². The average Bonchev–Trinajstić information content (AvgIpc) is 2.77. The summed E-state index contributed by atoms with van der Waals surface area (Å²) in [5.74, 6) is 3.04. The highest BCUT2D eigenvalue weighted by Gasteiger charge is 2.57. The Kier molecular flexibility index (Phi) is 6.39. The third-order valence-electron chi connectivity index (χ3n) is 9.54. The Hall–Kier alpha value is -1.57. The lowest BCUT2D eigenvalue weighted by Gasteiger charge is -2.58. The number of rotatable bonds is 5. The molecule has 0 aromatic heterocycles. The fourth-order valence-corrected chi connectivity index (χ4v) is 7.49. The van der Waals surface area contributed by atoms with Crippen LogP contribution in [-0.4, -0.2) is 5.91 Å². The van der Waals surface area contributed by atoms with Gasteiger partial charge in [0.25, 0.3) is 0 Å². The Morgan fingerprint density at radius 1 is 1.13 bits per heavy atom. The van der Waals surface area contributed by atoms with Gasteiger partial charge in [-0.3, -0.25) is 4.79 Å². The van der Waals surface area contributed by atoms with Crippen molar-refractivity contribution in [2.45, 2.75) is 92.0 Å². The van der Waals surface area contributed by atoms with Crippen LogP contribution in [0, 0.1) is 34.5 Å². The molecule has 2 saturated carbocycles. The summed E-state index contributed by atoms with van der Waals surface area (Å²) in [5, 5.41) is 3.48. The summed E-state index contributed by atoms with van der Waals surface area (Å²) >= 11 is 0. The van der Waals surface area contributed by atoms with Crippen LogP contribution in [-0.2, 0) is 4.79 Å². The van der Waals surface area contributed by atoms with Crippen molar-refractivity contribution >= 4 is 5.91 Å². The molecule has 1 aromatic rings. The number of hydrogen-bond donors (Lipinski definition) is 1. The van der Waals surface area contributed by atoms with Crippen LogP contribution in [0.5, 0.6) is 0 Å². The maximum atomic E-state index is 13.8. The Bertz CT molecular complexity index is 811. The number of carbonyl (C=O) groups excluding carboxylic acids is 1. The van der Waals surface area contributed by atoms with E-state index in [-0.39, 0.29) is 22.8 Å². The first-order chi connectivity index (χ1) is 14.8. The van der Waals surface area contributed by atoms with Crippen molar-refractivity contribution in [3.8, 4) is 0 Å². The van der Waals surface area contributed by atoms with Crippen LogP contribution in [0.2, 0.25) is 0 Å². The van der Waals surface area contributed by atoms with Gasteiger partial charge in [0, 0.05) is 0 Å². The molecule has 2 heteroatoms. The van der Waals surface area contributed by atoms with Crippen molar-refractivity contribution in [3.63, 3.8) is 0 Å². The van der Waals surface area contributed by atoms with Gasteiger partial charge < -0.3 is 5.32 Å². The molecule has 0 aliphatic heterocycles. The molecule has 1 N–H and O–H groups in total. The summed E-state index contributed by atoms with van der Waals surface area (Å²) in [4.78, 5) is 13.8. The van der Waals surface area contributed by atoms with Crippen molar-refractivity contribution in [2.24, 2.45) is 34.5 Å². The zero-order valence-corrected chi connectivity index (χ0v) is 20.4. The minimum absolute atomic E-state index is 0.106. The normalized spacial score (nSPS) is 36.2. The first kappa shape index (κ1) is 22.6. The maximum Gasteiger partial charge on any atom is 0.226 e. The molecule has 1 aromatic carbocycles. The molecule has 31 heavy (non-hydrogen) atoms. The minimum Gasteiger partial charge on any atom is -0.349 e. The van der Waals surface area contributed by atoms with Gasteiger partial charge in [0.15, 0.2) is 0 Å². The smallest absolute Gasteiger partial charge is 0.226 e. The fraction of sp³-hybridized carbons (Fsp3) is 0.690. The first-order valence-electron chi connectivity index (χ1n) is 12.8. The van der Waals surface area contributed by atoms with Gasteiger partial charge in [0.1, 0.15) is 0 Å². The van der Waals surface area contributed by atoms with Crippen molar-refractivity contribution in [1.82, 2.24) is 5.32 Å². The van der Waals surface area contributed by atoms with E-state index in [9.17, 15) is 4.79 Å². The molecule has 0 saturated heterocycles. The minimum atomic E-state index is -0.272. The molecule has 0 bridgehead atoms. The summed E-state index contributed by atoms with van der Waals surface area (Å²) in [6.45, 7) is 11.8. The van der Waals surface area contributed by atoms with Crippen molar-refractivity contribution < 1.29 is 4.79 Å². The SMILES string of the molecule is CCC(NC(=O)[C@]1(C)CCC[C@@]2(C)C1CC=C1CC(C(C)C)CC[C@@H]12)c1ccccc1. The van der Waals surface area contributed by atoms with Crippen LogP contribution in [0.15, 0.2) is 42.0 Å². The lowest BCUT2D eigenvalue weighted by Crippen LogP contribution is -2.56. The second-order valence-corrected chi connectivity index (χ2v) is 11.5. The molecule has 0 radical (unpaired) electrons. The predicted molar refractivity (Wildman–Crippen MR) is 130 cm³/mol. The number of fused-ring (bicyclic) bond motifs is 3. The highest BCUT2D eigenvalue weighted by atomic mass is 16.2. The molecular formula is C29H43NO. The number of benzene rings is 1. The van der Waals surface area contributed by atoms with Gasteiger partial charge in [0.05, 0.1) is 11.5 Å². The molecule has 1 amide bonds. The molecule has 4 rings (SSSR count). The summed E-state index contributed by atoms with van der Waals surface area (Å²) in [7, 11) is 0. The van der Waals surface area contributed by atoms with Crippen LogP contribution < -0.4 is 5.32 Å². The Morgan fingerprint density at radius 2 is 1.87 bits per heavy atom. The number of amides is 1. The van der Waals surface area contributed by atoms with Crippen LogP contribution in [0.3, 0.4) is 0 Å². The molecule has 0 heterocycles. The van der Waals surface area contributed by atoms with Crippen molar-refractivity contribution in [3.05, 3.63) is 47.5 Å². The molecule has 0 spiro atoms.